The van der Waals surface area contributed by atoms with E-state index in [0.717, 1.165) is 35.8 Å². The maximum absolute atomic E-state index is 10.5. The third-order valence-electron chi connectivity index (χ3n) is 3.85. The van der Waals surface area contributed by atoms with Crippen molar-refractivity contribution in [3.63, 3.8) is 0 Å². The van der Waals surface area contributed by atoms with E-state index in [0.29, 0.717) is 5.75 Å². The summed E-state index contributed by atoms with van der Waals surface area (Å²) in [4.78, 5) is 2.39. The molecule has 0 aliphatic carbocycles. The van der Waals surface area contributed by atoms with Gasteiger partial charge in [-0.1, -0.05) is 50.2 Å². The Morgan fingerprint density at radius 1 is 1.11 bits per heavy atom. The largest absolute Gasteiger partial charge is 0.507 e. The Morgan fingerprint density at radius 2 is 1.84 bits per heavy atom. The van der Waals surface area contributed by atoms with Gasteiger partial charge in [0, 0.05) is 17.0 Å². The van der Waals surface area contributed by atoms with Crippen LogP contribution in [0.4, 0.5) is 0 Å². The lowest BCUT2D eigenvalue weighted by Gasteiger charge is -2.28. The number of rotatable bonds is 5. The topological polar surface area (TPSA) is 23.5 Å². The average molecular weight is 257 g/mol. The summed E-state index contributed by atoms with van der Waals surface area (Å²) in [5, 5.41) is 12.5. The van der Waals surface area contributed by atoms with Crippen LogP contribution in [0.5, 0.6) is 5.75 Å². The lowest BCUT2D eigenvalue weighted by atomic mass is 10.00. The quantitative estimate of drug-likeness (QED) is 0.861. The van der Waals surface area contributed by atoms with Gasteiger partial charge in [-0.25, -0.2) is 0 Å². The highest BCUT2D eigenvalue weighted by Gasteiger charge is 2.17. The molecule has 0 fully saturated rings. The van der Waals surface area contributed by atoms with E-state index in [1.54, 1.807) is 0 Å². The Balaban J connectivity index is 2.42. The zero-order chi connectivity index (χ0) is 13.8. The molecule has 0 radical (unpaired) electrons. The first-order valence-corrected chi connectivity index (χ1v) is 7.13. The molecule has 1 unspecified atom stereocenters. The van der Waals surface area contributed by atoms with Crippen LogP contribution < -0.4 is 0 Å². The summed E-state index contributed by atoms with van der Waals surface area (Å²) < 4.78 is 0. The van der Waals surface area contributed by atoms with Gasteiger partial charge in [-0.3, -0.25) is 4.90 Å². The lowest BCUT2D eigenvalue weighted by Crippen LogP contribution is -2.27. The second-order valence-corrected chi connectivity index (χ2v) is 5.03. The number of nitrogens with zero attached hydrogens (tertiary/aromatic N) is 1. The summed E-state index contributed by atoms with van der Waals surface area (Å²) in [6.07, 6.45) is 1.13. The van der Waals surface area contributed by atoms with Crippen molar-refractivity contribution in [2.45, 2.75) is 33.2 Å². The van der Waals surface area contributed by atoms with Crippen molar-refractivity contribution in [2.24, 2.45) is 0 Å². The van der Waals surface area contributed by atoms with Gasteiger partial charge in [0.25, 0.3) is 0 Å². The Bertz CT molecular complexity index is 550. The molecule has 2 heteroatoms. The molecule has 0 aromatic heterocycles. The van der Waals surface area contributed by atoms with Crippen LogP contribution in [-0.2, 0) is 0 Å². The fraction of sp³-hybridized carbons (Fsp3) is 0.412. The predicted molar refractivity (Wildman–Crippen MR) is 81.6 cm³/mol. The monoisotopic (exact) mass is 257 g/mol. The molecule has 0 amide bonds. The molecule has 0 saturated heterocycles. The highest BCUT2D eigenvalue weighted by molar-refractivity contribution is 5.89. The van der Waals surface area contributed by atoms with Gasteiger partial charge in [0.2, 0.25) is 0 Å². The number of phenolic OH excluding ortho intramolecular Hbond substituents is 1. The smallest absolute Gasteiger partial charge is 0.128 e. The van der Waals surface area contributed by atoms with Crippen molar-refractivity contribution in [1.29, 1.82) is 0 Å². The molecule has 0 heterocycles. The summed E-state index contributed by atoms with van der Waals surface area (Å²) in [7, 11) is 0. The Kier molecular flexibility index (Phi) is 4.43. The second kappa shape index (κ2) is 6.07. The van der Waals surface area contributed by atoms with E-state index in [1.165, 1.54) is 0 Å². The van der Waals surface area contributed by atoms with Gasteiger partial charge in [-0.2, -0.15) is 0 Å². The molecule has 0 bridgehead atoms. The first-order chi connectivity index (χ1) is 9.19. The summed E-state index contributed by atoms with van der Waals surface area (Å²) in [6.45, 7) is 8.59. The number of fused-ring (bicyclic) bond motifs is 1. The zero-order valence-electron chi connectivity index (χ0n) is 12.1. The van der Waals surface area contributed by atoms with Gasteiger partial charge in [0.05, 0.1) is 0 Å². The van der Waals surface area contributed by atoms with Gasteiger partial charge >= 0.3 is 0 Å². The van der Waals surface area contributed by atoms with Crippen molar-refractivity contribution < 1.29 is 5.11 Å². The molecule has 19 heavy (non-hydrogen) atoms. The summed E-state index contributed by atoms with van der Waals surface area (Å²) in [5.41, 5.74) is 1.02. The molecule has 1 atom stereocenters. The Hall–Kier alpha value is -1.54. The van der Waals surface area contributed by atoms with Crippen LogP contribution in [0.3, 0.4) is 0 Å². The fourth-order valence-corrected chi connectivity index (χ4v) is 2.72. The molecule has 0 saturated carbocycles. The third kappa shape index (κ3) is 2.74. The van der Waals surface area contributed by atoms with Crippen LogP contribution in [0.2, 0.25) is 0 Å². The first-order valence-electron chi connectivity index (χ1n) is 7.13. The number of hydrogen-bond acceptors (Lipinski definition) is 2. The van der Waals surface area contributed by atoms with Crippen molar-refractivity contribution in [1.82, 2.24) is 4.90 Å². The zero-order valence-corrected chi connectivity index (χ0v) is 12.1. The minimum Gasteiger partial charge on any atom is -0.507 e. The Morgan fingerprint density at radius 3 is 2.53 bits per heavy atom. The van der Waals surface area contributed by atoms with Crippen molar-refractivity contribution in [3.8, 4) is 5.75 Å². The van der Waals surface area contributed by atoms with E-state index >= 15 is 0 Å². The van der Waals surface area contributed by atoms with E-state index in [2.05, 4.69) is 37.8 Å². The van der Waals surface area contributed by atoms with Crippen LogP contribution in [0.25, 0.3) is 10.8 Å². The molecule has 102 valence electrons. The molecule has 2 nitrogen and oxygen atoms in total. The maximum Gasteiger partial charge on any atom is 0.128 e. The van der Waals surface area contributed by atoms with Crippen LogP contribution in [0.15, 0.2) is 36.4 Å². The summed E-state index contributed by atoms with van der Waals surface area (Å²) in [6, 6.07) is 12.4. The minimum absolute atomic E-state index is 0.245. The van der Waals surface area contributed by atoms with Crippen molar-refractivity contribution in [2.75, 3.05) is 13.1 Å². The van der Waals surface area contributed by atoms with Crippen molar-refractivity contribution >= 4 is 10.8 Å². The minimum atomic E-state index is 0.245. The Labute approximate surface area is 115 Å². The molecule has 0 aliphatic heterocycles. The predicted octanol–water partition coefficient (Wildman–Crippen LogP) is 4.34. The van der Waals surface area contributed by atoms with Crippen LogP contribution >= 0.6 is 0 Å². The molecular weight excluding hydrogens is 234 g/mol. The van der Waals surface area contributed by atoms with E-state index in [1.807, 2.05) is 24.3 Å². The summed E-state index contributed by atoms with van der Waals surface area (Å²) >= 11 is 0. The number of phenols is 1. The molecule has 2 aromatic rings. The molecule has 0 aliphatic rings. The third-order valence-corrected chi connectivity index (χ3v) is 3.85. The van der Waals surface area contributed by atoms with Gasteiger partial charge < -0.3 is 5.11 Å². The van der Waals surface area contributed by atoms with Gasteiger partial charge in [-0.15, -0.1) is 0 Å². The summed E-state index contributed by atoms with van der Waals surface area (Å²) in [5.74, 6) is 0.431. The van der Waals surface area contributed by atoms with Gasteiger partial charge in [-0.05, 0) is 31.8 Å². The molecule has 2 aromatic carbocycles. The second-order valence-electron chi connectivity index (χ2n) is 5.03. The molecule has 1 N–H and O–H groups in total. The van der Waals surface area contributed by atoms with Crippen LogP contribution in [-0.4, -0.2) is 23.1 Å². The van der Waals surface area contributed by atoms with E-state index in [9.17, 15) is 5.11 Å². The highest BCUT2D eigenvalue weighted by Crippen LogP contribution is 2.34. The average Bonchev–Trinajstić information content (AvgIpc) is 2.45. The fourth-order valence-electron chi connectivity index (χ4n) is 2.72. The van der Waals surface area contributed by atoms with E-state index in [-0.39, 0.29) is 6.04 Å². The lowest BCUT2D eigenvalue weighted by molar-refractivity contribution is 0.219. The number of hydrogen-bond donors (Lipinski definition) is 1. The normalized spacial score (nSPS) is 13.1. The van der Waals surface area contributed by atoms with Gasteiger partial charge in [0.15, 0.2) is 0 Å². The molecule has 2 rings (SSSR count). The SMILES string of the molecule is CCCN(CC)C(C)c1ccc2ccccc2c1O. The van der Waals surface area contributed by atoms with Gasteiger partial charge in [0.1, 0.15) is 5.75 Å². The molecular formula is C17H23NO. The first kappa shape index (κ1) is 13.9. The van der Waals surface area contributed by atoms with Crippen LogP contribution in [0.1, 0.15) is 38.8 Å². The van der Waals surface area contributed by atoms with E-state index in [4.69, 9.17) is 0 Å². The van der Waals surface area contributed by atoms with Crippen molar-refractivity contribution in [3.05, 3.63) is 42.0 Å². The van der Waals surface area contributed by atoms with Crippen LogP contribution in [0, 0.1) is 0 Å². The number of benzene rings is 2. The standard InChI is InChI=1S/C17H23NO/c1-4-12-18(5-2)13(3)15-11-10-14-8-6-7-9-16(14)17(15)19/h6-11,13,19H,4-5,12H2,1-3H3. The van der Waals surface area contributed by atoms with E-state index < -0.39 is 0 Å². The maximum atomic E-state index is 10.5. The number of aromatic hydroxyl groups is 1. The highest BCUT2D eigenvalue weighted by atomic mass is 16.3. The molecule has 0 spiro atoms.